The molecule has 2 rings (SSSR count). The number of hydrogen-bond acceptors (Lipinski definition) is 3. The summed E-state index contributed by atoms with van der Waals surface area (Å²) in [7, 11) is 0. The van der Waals surface area contributed by atoms with Crippen LogP contribution < -0.4 is 5.32 Å². The third-order valence-electron chi connectivity index (χ3n) is 2.04. The van der Waals surface area contributed by atoms with Crippen LogP contribution in [-0.4, -0.2) is 16.1 Å². The van der Waals surface area contributed by atoms with Gasteiger partial charge in [-0.25, -0.2) is 0 Å². The first-order valence-electron chi connectivity index (χ1n) is 4.82. The molecular formula is C11H6BrCl2N3O. The van der Waals surface area contributed by atoms with E-state index in [2.05, 4.69) is 31.4 Å². The Kier molecular flexibility index (Phi) is 4.16. The standard InChI is InChI=1S/C11H6BrCl2N3O/c12-7-2-1-6(5-8(7)13)15-11(18)9-3-4-10(14)17-16-9/h1-5H,(H,15,18). The monoisotopic (exact) mass is 345 g/mol. The Labute approximate surface area is 121 Å². The van der Waals surface area contributed by atoms with Crippen molar-refractivity contribution >= 4 is 50.7 Å². The topological polar surface area (TPSA) is 54.9 Å². The fourth-order valence-corrected chi connectivity index (χ4v) is 1.73. The minimum atomic E-state index is -0.377. The number of benzene rings is 1. The van der Waals surface area contributed by atoms with E-state index in [1.807, 2.05) is 0 Å². The van der Waals surface area contributed by atoms with Gasteiger partial charge < -0.3 is 5.32 Å². The SMILES string of the molecule is O=C(Nc1ccc(Br)c(Cl)c1)c1ccc(Cl)nn1. The van der Waals surface area contributed by atoms with E-state index >= 15 is 0 Å². The second-order valence-electron chi connectivity index (χ2n) is 3.32. The lowest BCUT2D eigenvalue weighted by Gasteiger charge is -2.05. The summed E-state index contributed by atoms with van der Waals surface area (Å²) in [5, 5.41) is 10.7. The van der Waals surface area contributed by atoms with Crippen molar-refractivity contribution in [3.05, 3.63) is 50.7 Å². The molecule has 1 heterocycles. The molecule has 0 saturated heterocycles. The largest absolute Gasteiger partial charge is 0.321 e. The second-order valence-corrected chi connectivity index (χ2v) is 4.97. The predicted molar refractivity (Wildman–Crippen MR) is 74.1 cm³/mol. The normalized spacial score (nSPS) is 10.2. The first kappa shape index (κ1) is 13.3. The van der Waals surface area contributed by atoms with Crippen LogP contribution in [0.3, 0.4) is 0 Å². The van der Waals surface area contributed by atoms with Crippen LogP contribution in [0, 0.1) is 0 Å². The average molecular weight is 347 g/mol. The van der Waals surface area contributed by atoms with E-state index in [0.717, 1.165) is 4.47 Å². The molecule has 4 nitrogen and oxygen atoms in total. The van der Waals surface area contributed by atoms with Gasteiger partial charge in [0.15, 0.2) is 10.8 Å². The van der Waals surface area contributed by atoms with Crippen molar-refractivity contribution in [3.63, 3.8) is 0 Å². The second kappa shape index (κ2) is 5.65. The van der Waals surface area contributed by atoms with E-state index in [-0.39, 0.29) is 16.8 Å². The molecule has 0 spiro atoms. The number of hydrogen-bond donors (Lipinski definition) is 1. The number of nitrogens with one attached hydrogen (secondary N) is 1. The molecule has 18 heavy (non-hydrogen) atoms. The highest BCUT2D eigenvalue weighted by Gasteiger charge is 2.09. The summed E-state index contributed by atoms with van der Waals surface area (Å²) in [6.07, 6.45) is 0. The van der Waals surface area contributed by atoms with Gasteiger partial charge in [0, 0.05) is 10.2 Å². The lowest BCUT2D eigenvalue weighted by Crippen LogP contribution is -2.14. The molecule has 1 aromatic heterocycles. The summed E-state index contributed by atoms with van der Waals surface area (Å²) in [6.45, 7) is 0. The maximum atomic E-state index is 11.8. The Balaban J connectivity index is 2.16. The number of nitrogens with zero attached hydrogens (tertiary/aromatic N) is 2. The predicted octanol–water partition coefficient (Wildman–Crippen LogP) is 3.80. The van der Waals surface area contributed by atoms with Gasteiger partial charge in [-0.1, -0.05) is 23.2 Å². The Bertz CT molecular complexity index is 589. The van der Waals surface area contributed by atoms with Crippen LogP contribution in [0.4, 0.5) is 5.69 Å². The van der Waals surface area contributed by atoms with Crippen LogP contribution in [-0.2, 0) is 0 Å². The summed E-state index contributed by atoms with van der Waals surface area (Å²) >= 11 is 14.8. The van der Waals surface area contributed by atoms with Crippen LogP contribution in [0.15, 0.2) is 34.8 Å². The number of halogens is 3. The number of carbonyl (C=O) groups is 1. The van der Waals surface area contributed by atoms with Gasteiger partial charge in [0.1, 0.15) is 0 Å². The quantitative estimate of drug-likeness (QED) is 0.899. The Hall–Kier alpha value is -1.17. The molecule has 0 unspecified atom stereocenters. The first-order valence-corrected chi connectivity index (χ1v) is 6.37. The molecule has 92 valence electrons. The van der Waals surface area contributed by atoms with Gasteiger partial charge in [-0.05, 0) is 46.3 Å². The van der Waals surface area contributed by atoms with E-state index in [0.29, 0.717) is 10.7 Å². The molecule has 0 aliphatic carbocycles. The molecule has 1 amide bonds. The number of anilines is 1. The molecule has 1 aromatic carbocycles. The van der Waals surface area contributed by atoms with E-state index < -0.39 is 0 Å². The molecule has 0 aliphatic heterocycles. The molecule has 7 heteroatoms. The van der Waals surface area contributed by atoms with Crippen molar-refractivity contribution in [1.29, 1.82) is 0 Å². The fraction of sp³-hybridized carbons (Fsp3) is 0. The van der Waals surface area contributed by atoms with Gasteiger partial charge in [-0.15, -0.1) is 10.2 Å². The Morgan fingerprint density at radius 2 is 1.94 bits per heavy atom. The molecular weight excluding hydrogens is 341 g/mol. The zero-order valence-electron chi connectivity index (χ0n) is 8.82. The van der Waals surface area contributed by atoms with Crippen molar-refractivity contribution in [2.24, 2.45) is 0 Å². The summed E-state index contributed by atoms with van der Waals surface area (Å²) in [5.41, 5.74) is 0.753. The molecule has 1 N–H and O–H groups in total. The number of rotatable bonds is 2. The van der Waals surface area contributed by atoms with Gasteiger partial charge in [-0.2, -0.15) is 0 Å². The van der Waals surface area contributed by atoms with Gasteiger partial charge in [0.2, 0.25) is 0 Å². The molecule has 0 bridgehead atoms. The molecule has 0 atom stereocenters. The minimum Gasteiger partial charge on any atom is -0.321 e. The van der Waals surface area contributed by atoms with Crippen molar-refractivity contribution in [2.75, 3.05) is 5.32 Å². The first-order chi connectivity index (χ1) is 8.56. The maximum Gasteiger partial charge on any atom is 0.276 e. The highest BCUT2D eigenvalue weighted by molar-refractivity contribution is 9.10. The lowest BCUT2D eigenvalue weighted by molar-refractivity contribution is 0.102. The van der Waals surface area contributed by atoms with Crippen LogP contribution in [0.5, 0.6) is 0 Å². The van der Waals surface area contributed by atoms with Gasteiger partial charge in [0.05, 0.1) is 5.02 Å². The molecule has 0 radical (unpaired) electrons. The summed E-state index contributed by atoms with van der Waals surface area (Å²) in [6, 6.07) is 8.08. The molecule has 0 fully saturated rings. The summed E-state index contributed by atoms with van der Waals surface area (Å²) in [4.78, 5) is 11.8. The van der Waals surface area contributed by atoms with Crippen LogP contribution in [0.25, 0.3) is 0 Å². The van der Waals surface area contributed by atoms with Crippen molar-refractivity contribution in [2.45, 2.75) is 0 Å². The molecule has 2 aromatic rings. The Morgan fingerprint density at radius 1 is 1.17 bits per heavy atom. The van der Waals surface area contributed by atoms with E-state index in [1.54, 1.807) is 18.2 Å². The zero-order valence-corrected chi connectivity index (χ0v) is 11.9. The third kappa shape index (κ3) is 3.19. The van der Waals surface area contributed by atoms with E-state index in [4.69, 9.17) is 23.2 Å². The van der Waals surface area contributed by atoms with E-state index in [9.17, 15) is 4.79 Å². The number of amides is 1. The van der Waals surface area contributed by atoms with Crippen LogP contribution >= 0.6 is 39.1 Å². The highest BCUT2D eigenvalue weighted by atomic mass is 79.9. The number of carbonyl (C=O) groups excluding carboxylic acids is 1. The summed E-state index contributed by atoms with van der Waals surface area (Å²) < 4.78 is 0.758. The van der Waals surface area contributed by atoms with Crippen molar-refractivity contribution in [1.82, 2.24) is 10.2 Å². The van der Waals surface area contributed by atoms with Gasteiger partial charge in [-0.3, -0.25) is 4.79 Å². The van der Waals surface area contributed by atoms with E-state index in [1.165, 1.54) is 12.1 Å². The highest BCUT2D eigenvalue weighted by Crippen LogP contribution is 2.25. The lowest BCUT2D eigenvalue weighted by atomic mass is 10.3. The number of aromatic nitrogens is 2. The minimum absolute atomic E-state index is 0.179. The van der Waals surface area contributed by atoms with Crippen LogP contribution in [0.2, 0.25) is 10.2 Å². The Morgan fingerprint density at radius 3 is 2.56 bits per heavy atom. The van der Waals surface area contributed by atoms with Gasteiger partial charge >= 0.3 is 0 Å². The third-order valence-corrected chi connectivity index (χ3v) is 3.48. The maximum absolute atomic E-state index is 11.8. The average Bonchev–Trinajstić information content (AvgIpc) is 2.34. The molecule has 0 aliphatic rings. The smallest absolute Gasteiger partial charge is 0.276 e. The molecule has 0 saturated carbocycles. The van der Waals surface area contributed by atoms with Gasteiger partial charge in [0.25, 0.3) is 5.91 Å². The fourth-order valence-electron chi connectivity index (χ4n) is 1.21. The summed E-state index contributed by atoms with van der Waals surface area (Å²) in [5.74, 6) is -0.377. The van der Waals surface area contributed by atoms with Crippen molar-refractivity contribution < 1.29 is 4.79 Å². The van der Waals surface area contributed by atoms with Crippen molar-refractivity contribution in [3.8, 4) is 0 Å². The van der Waals surface area contributed by atoms with Crippen LogP contribution in [0.1, 0.15) is 10.5 Å². The zero-order chi connectivity index (χ0) is 13.1.